The van der Waals surface area contributed by atoms with Gasteiger partial charge < -0.3 is 19.7 Å². The van der Waals surface area contributed by atoms with E-state index >= 15 is 0 Å². The van der Waals surface area contributed by atoms with Crippen LogP contribution in [0.25, 0.3) is 10.9 Å². The molecule has 0 saturated carbocycles. The summed E-state index contributed by atoms with van der Waals surface area (Å²) in [5.41, 5.74) is 4.76. The topological polar surface area (TPSA) is 65.7 Å². The lowest BCUT2D eigenvalue weighted by Crippen LogP contribution is -2.36. The van der Waals surface area contributed by atoms with Crippen LogP contribution in [-0.4, -0.2) is 32.1 Å². The third kappa shape index (κ3) is 3.51. The number of carbonyl (C=O) groups is 1. The van der Waals surface area contributed by atoms with Gasteiger partial charge in [-0.05, 0) is 53.9 Å². The summed E-state index contributed by atoms with van der Waals surface area (Å²) in [6.07, 6.45) is 0.742. The normalized spacial score (nSPS) is 13.4. The van der Waals surface area contributed by atoms with Gasteiger partial charge in [0.05, 0.1) is 12.1 Å². The minimum absolute atomic E-state index is 0.0650. The number of fused-ring (bicyclic) bond motifs is 3. The van der Waals surface area contributed by atoms with E-state index in [-0.39, 0.29) is 23.0 Å². The molecule has 1 amide bonds. The molecule has 5 nitrogen and oxygen atoms in total. The van der Waals surface area contributed by atoms with E-state index in [1.54, 1.807) is 23.1 Å². The molecule has 0 saturated heterocycles. The summed E-state index contributed by atoms with van der Waals surface area (Å²) >= 11 is 6.06. The monoisotopic (exact) mass is 432 g/mol. The summed E-state index contributed by atoms with van der Waals surface area (Å²) in [5.74, 6) is -0.0573. The van der Waals surface area contributed by atoms with E-state index in [2.05, 4.69) is 16.7 Å². The molecule has 2 heterocycles. The average molecular weight is 433 g/mol. The van der Waals surface area contributed by atoms with Crippen LogP contribution >= 0.6 is 11.6 Å². The number of phenols is 2. The van der Waals surface area contributed by atoms with Crippen LogP contribution in [0.5, 0.6) is 11.5 Å². The molecule has 1 aliphatic rings. The van der Waals surface area contributed by atoms with Crippen molar-refractivity contribution in [1.29, 1.82) is 0 Å². The highest BCUT2D eigenvalue weighted by atomic mass is 35.5. The van der Waals surface area contributed by atoms with Gasteiger partial charge >= 0.3 is 0 Å². The van der Waals surface area contributed by atoms with Crippen molar-refractivity contribution in [3.8, 4) is 11.5 Å². The first-order chi connectivity index (χ1) is 15.0. The number of aromatic hydroxyl groups is 2. The fraction of sp³-hybridized carbons (Fsp3) is 0.160. The van der Waals surface area contributed by atoms with E-state index < -0.39 is 0 Å². The third-order valence-electron chi connectivity index (χ3n) is 5.92. The van der Waals surface area contributed by atoms with Crippen LogP contribution in [0.15, 0.2) is 66.7 Å². The molecule has 4 aromatic rings. The molecule has 0 spiro atoms. The Balaban J connectivity index is 1.55. The van der Waals surface area contributed by atoms with Crippen molar-refractivity contribution < 1.29 is 15.0 Å². The number of benzene rings is 3. The Bertz CT molecular complexity index is 1290. The largest absolute Gasteiger partial charge is 0.508 e. The standard InChI is InChI=1S/C25H21ClN2O3/c26-17-7-10-24(30)21(13-17)25(31)27-12-11-20-19-3-1-2-4-22(19)28(23(20)15-27)14-16-5-8-18(29)9-6-16/h1-10,13,29-30H,11-12,14-15H2. The zero-order valence-electron chi connectivity index (χ0n) is 16.8. The summed E-state index contributed by atoms with van der Waals surface area (Å²) in [7, 11) is 0. The highest BCUT2D eigenvalue weighted by Gasteiger charge is 2.28. The number of para-hydroxylation sites is 1. The van der Waals surface area contributed by atoms with Gasteiger partial charge in [-0.3, -0.25) is 4.79 Å². The number of phenolic OH excluding ortho intramolecular Hbond substituents is 2. The molecule has 0 atom stereocenters. The van der Waals surface area contributed by atoms with E-state index in [0.717, 1.165) is 23.2 Å². The van der Waals surface area contributed by atoms with Gasteiger partial charge in [0.15, 0.2) is 0 Å². The quantitative estimate of drug-likeness (QED) is 0.481. The minimum Gasteiger partial charge on any atom is -0.508 e. The number of hydrogen-bond acceptors (Lipinski definition) is 3. The highest BCUT2D eigenvalue weighted by Crippen LogP contribution is 2.33. The van der Waals surface area contributed by atoms with Crippen LogP contribution < -0.4 is 0 Å². The van der Waals surface area contributed by atoms with E-state index in [9.17, 15) is 15.0 Å². The van der Waals surface area contributed by atoms with E-state index in [4.69, 9.17) is 11.6 Å². The maximum atomic E-state index is 13.2. The summed E-state index contributed by atoms with van der Waals surface area (Å²) in [6, 6.07) is 20.0. The van der Waals surface area contributed by atoms with Crippen molar-refractivity contribution in [3.05, 3.63) is 94.1 Å². The van der Waals surface area contributed by atoms with Crippen molar-refractivity contribution in [3.63, 3.8) is 0 Å². The minimum atomic E-state index is -0.230. The van der Waals surface area contributed by atoms with Crippen LogP contribution in [0.3, 0.4) is 0 Å². The van der Waals surface area contributed by atoms with Gasteiger partial charge in [0, 0.05) is 34.7 Å². The molecule has 156 valence electrons. The van der Waals surface area contributed by atoms with Gasteiger partial charge in [-0.25, -0.2) is 0 Å². The van der Waals surface area contributed by atoms with Gasteiger partial charge in [-0.2, -0.15) is 0 Å². The average Bonchev–Trinajstić information content (AvgIpc) is 3.09. The number of halogens is 1. The lowest BCUT2D eigenvalue weighted by atomic mass is 10.0. The SMILES string of the molecule is O=C(c1cc(Cl)ccc1O)N1CCc2c(n(Cc3ccc(O)cc3)c3ccccc23)C1. The van der Waals surface area contributed by atoms with Crippen molar-refractivity contribution in [2.45, 2.75) is 19.5 Å². The fourth-order valence-corrected chi connectivity index (χ4v) is 4.55. The van der Waals surface area contributed by atoms with Crippen LogP contribution in [0.4, 0.5) is 0 Å². The molecule has 5 rings (SSSR count). The van der Waals surface area contributed by atoms with Gasteiger partial charge in [0.2, 0.25) is 0 Å². The third-order valence-corrected chi connectivity index (χ3v) is 6.15. The second-order valence-electron chi connectivity index (χ2n) is 7.83. The fourth-order valence-electron chi connectivity index (χ4n) is 4.38. The number of rotatable bonds is 3. The first-order valence-corrected chi connectivity index (χ1v) is 10.5. The maximum Gasteiger partial charge on any atom is 0.258 e. The van der Waals surface area contributed by atoms with Crippen molar-refractivity contribution >= 4 is 28.4 Å². The Morgan fingerprint density at radius 3 is 2.58 bits per heavy atom. The number of nitrogens with zero attached hydrogens (tertiary/aromatic N) is 2. The molecule has 0 bridgehead atoms. The second-order valence-corrected chi connectivity index (χ2v) is 8.27. The first-order valence-electron chi connectivity index (χ1n) is 10.2. The molecule has 1 aliphatic heterocycles. The lowest BCUT2D eigenvalue weighted by molar-refractivity contribution is 0.0727. The van der Waals surface area contributed by atoms with Gasteiger partial charge in [-0.15, -0.1) is 0 Å². The maximum absolute atomic E-state index is 13.2. The van der Waals surface area contributed by atoms with E-state index in [0.29, 0.717) is 24.7 Å². The van der Waals surface area contributed by atoms with Crippen LogP contribution in [0.2, 0.25) is 5.02 Å². The summed E-state index contributed by atoms with van der Waals surface area (Å²) in [6.45, 7) is 1.67. The number of amides is 1. The van der Waals surface area contributed by atoms with Crippen molar-refractivity contribution in [2.75, 3.05) is 6.54 Å². The van der Waals surface area contributed by atoms with Crippen LogP contribution in [-0.2, 0) is 19.5 Å². The number of carbonyl (C=O) groups excluding carboxylic acids is 1. The predicted octanol–water partition coefficient (Wildman–Crippen LogP) is 4.95. The Kier molecular flexibility index (Phi) is 4.83. The van der Waals surface area contributed by atoms with Gasteiger partial charge in [0.25, 0.3) is 5.91 Å². The molecular weight excluding hydrogens is 412 g/mol. The zero-order valence-corrected chi connectivity index (χ0v) is 17.5. The molecule has 0 unspecified atom stereocenters. The van der Waals surface area contributed by atoms with E-state index in [1.165, 1.54) is 23.1 Å². The van der Waals surface area contributed by atoms with Crippen LogP contribution in [0, 0.1) is 0 Å². The Hall–Kier alpha value is -3.44. The highest BCUT2D eigenvalue weighted by molar-refractivity contribution is 6.31. The van der Waals surface area contributed by atoms with Crippen LogP contribution in [0.1, 0.15) is 27.2 Å². The molecule has 0 radical (unpaired) electrons. The lowest BCUT2D eigenvalue weighted by Gasteiger charge is -2.29. The first kappa shape index (κ1) is 19.5. The Morgan fingerprint density at radius 1 is 1.00 bits per heavy atom. The van der Waals surface area contributed by atoms with Crippen molar-refractivity contribution in [2.24, 2.45) is 0 Å². The Labute approximate surface area is 184 Å². The number of hydrogen-bond donors (Lipinski definition) is 2. The molecule has 1 aromatic heterocycles. The second kappa shape index (κ2) is 7.67. The van der Waals surface area contributed by atoms with Crippen molar-refractivity contribution in [1.82, 2.24) is 9.47 Å². The van der Waals surface area contributed by atoms with Gasteiger partial charge in [-0.1, -0.05) is 41.9 Å². The molecule has 2 N–H and O–H groups in total. The molecular formula is C25H21ClN2O3. The molecule has 31 heavy (non-hydrogen) atoms. The Morgan fingerprint density at radius 2 is 1.77 bits per heavy atom. The summed E-state index contributed by atoms with van der Waals surface area (Å²) in [4.78, 5) is 14.9. The van der Waals surface area contributed by atoms with E-state index in [1.807, 2.05) is 24.3 Å². The molecule has 6 heteroatoms. The zero-order chi connectivity index (χ0) is 21.5. The molecule has 0 aliphatic carbocycles. The van der Waals surface area contributed by atoms with Gasteiger partial charge in [0.1, 0.15) is 11.5 Å². The molecule has 0 fully saturated rings. The summed E-state index contributed by atoms with van der Waals surface area (Å²) < 4.78 is 2.24. The number of aromatic nitrogens is 1. The smallest absolute Gasteiger partial charge is 0.258 e. The molecule has 3 aromatic carbocycles. The predicted molar refractivity (Wildman–Crippen MR) is 121 cm³/mol. The summed E-state index contributed by atoms with van der Waals surface area (Å²) in [5, 5.41) is 21.4.